The van der Waals surface area contributed by atoms with Crippen LogP contribution in [-0.2, 0) is 0 Å². The average Bonchev–Trinajstić information content (AvgIpc) is 2.79. The summed E-state index contributed by atoms with van der Waals surface area (Å²) in [6.45, 7) is 6.46. The Kier molecular flexibility index (Phi) is 2.48. The molecular weight excluding hydrogens is 218 g/mol. The number of aryl methyl sites for hydroxylation is 3. The molecule has 0 fully saturated rings. The molecule has 0 saturated carbocycles. The van der Waals surface area contributed by atoms with Crippen LogP contribution in [0.3, 0.4) is 0 Å². The second kappa shape index (κ2) is 4.02. The van der Waals surface area contributed by atoms with E-state index in [1.165, 1.54) is 38.9 Å². The minimum Gasteiger partial charge on any atom is -0.354 e. The van der Waals surface area contributed by atoms with Crippen molar-refractivity contribution in [2.24, 2.45) is 0 Å². The van der Waals surface area contributed by atoms with Crippen molar-refractivity contribution in [3.8, 4) is 11.3 Å². The summed E-state index contributed by atoms with van der Waals surface area (Å²) in [5.41, 5.74) is 7.67. The van der Waals surface area contributed by atoms with Crippen LogP contribution in [0.4, 0.5) is 0 Å². The first-order valence-electron chi connectivity index (χ1n) is 6.31. The number of nitrogens with one attached hydrogen (secondary N) is 1. The van der Waals surface area contributed by atoms with E-state index in [0.29, 0.717) is 0 Å². The largest absolute Gasteiger partial charge is 0.354 e. The third kappa shape index (κ3) is 1.72. The van der Waals surface area contributed by atoms with E-state index in [4.69, 9.17) is 0 Å². The first kappa shape index (κ1) is 11.1. The Morgan fingerprint density at radius 3 is 2.50 bits per heavy atom. The standard InChI is InChI=1S/C17H17N/c1-11-5-4-6-14(9-11)16-10-15-8-7-12(2)13(3)17(15)18-16/h4-10,18H,1-3H3. The number of aromatic nitrogens is 1. The van der Waals surface area contributed by atoms with E-state index in [1.54, 1.807) is 0 Å². The Morgan fingerprint density at radius 2 is 1.72 bits per heavy atom. The van der Waals surface area contributed by atoms with Gasteiger partial charge in [0.1, 0.15) is 0 Å². The number of aromatic amines is 1. The lowest BCUT2D eigenvalue weighted by molar-refractivity contribution is 1.34. The zero-order valence-corrected chi connectivity index (χ0v) is 11.0. The van der Waals surface area contributed by atoms with E-state index < -0.39 is 0 Å². The zero-order valence-electron chi connectivity index (χ0n) is 11.0. The molecule has 0 aliphatic carbocycles. The number of rotatable bonds is 1. The fraction of sp³-hybridized carbons (Fsp3) is 0.176. The van der Waals surface area contributed by atoms with Gasteiger partial charge in [0.25, 0.3) is 0 Å². The second-order valence-electron chi connectivity index (χ2n) is 5.02. The zero-order chi connectivity index (χ0) is 12.7. The molecule has 0 atom stereocenters. The maximum atomic E-state index is 3.55. The molecule has 0 spiro atoms. The molecule has 1 heteroatoms. The Balaban J connectivity index is 2.23. The third-order valence-electron chi connectivity index (χ3n) is 3.66. The molecule has 0 bridgehead atoms. The fourth-order valence-electron chi connectivity index (χ4n) is 2.42. The molecule has 0 radical (unpaired) electrons. The average molecular weight is 235 g/mol. The molecule has 1 nitrogen and oxygen atoms in total. The van der Waals surface area contributed by atoms with Gasteiger partial charge in [-0.15, -0.1) is 0 Å². The minimum absolute atomic E-state index is 1.20. The van der Waals surface area contributed by atoms with Crippen molar-refractivity contribution >= 4 is 10.9 Å². The maximum Gasteiger partial charge on any atom is 0.0491 e. The van der Waals surface area contributed by atoms with Crippen molar-refractivity contribution in [1.29, 1.82) is 0 Å². The normalized spacial score (nSPS) is 11.1. The summed E-state index contributed by atoms with van der Waals surface area (Å²) in [4.78, 5) is 3.55. The molecule has 1 aromatic heterocycles. The predicted octanol–water partition coefficient (Wildman–Crippen LogP) is 4.76. The van der Waals surface area contributed by atoms with Crippen molar-refractivity contribution in [3.63, 3.8) is 0 Å². The van der Waals surface area contributed by atoms with Crippen molar-refractivity contribution in [2.45, 2.75) is 20.8 Å². The monoisotopic (exact) mass is 235 g/mol. The molecular formula is C17H17N. The molecule has 0 aliphatic heterocycles. The number of hydrogen-bond donors (Lipinski definition) is 1. The number of benzene rings is 2. The highest BCUT2D eigenvalue weighted by atomic mass is 14.7. The highest BCUT2D eigenvalue weighted by Crippen LogP contribution is 2.27. The van der Waals surface area contributed by atoms with Gasteiger partial charge < -0.3 is 4.98 Å². The van der Waals surface area contributed by atoms with Gasteiger partial charge >= 0.3 is 0 Å². The van der Waals surface area contributed by atoms with Crippen molar-refractivity contribution in [3.05, 3.63) is 59.2 Å². The fourth-order valence-corrected chi connectivity index (χ4v) is 2.42. The molecule has 0 aliphatic rings. The summed E-state index contributed by atoms with van der Waals surface area (Å²) >= 11 is 0. The van der Waals surface area contributed by atoms with E-state index in [1.807, 2.05) is 0 Å². The lowest BCUT2D eigenvalue weighted by Crippen LogP contribution is -1.82. The quantitative estimate of drug-likeness (QED) is 0.626. The van der Waals surface area contributed by atoms with E-state index in [0.717, 1.165) is 0 Å². The van der Waals surface area contributed by atoms with Gasteiger partial charge in [0.05, 0.1) is 0 Å². The Hall–Kier alpha value is -2.02. The van der Waals surface area contributed by atoms with E-state index >= 15 is 0 Å². The topological polar surface area (TPSA) is 15.8 Å². The molecule has 0 saturated heterocycles. The Morgan fingerprint density at radius 1 is 0.889 bits per heavy atom. The molecule has 0 unspecified atom stereocenters. The van der Waals surface area contributed by atoms with Gasteiger partial charge in [-0.25, -0.2) is 0 Å². The molecule has 3 aromatic rings. The van der Waals surface area contributed by atoms with Gasteiger partial charge in [-0.3, -0.25) is 0 Å². The second-order valence-corrected chi connectivity index (χ2v) is 5.02. The van der Waals surface area contributed by atoms with Crippen LogP contribution < -0.4 is 0 Å². The van der Waals surface area contributed by atoms with Crippen molar-refractivity contribution in [2.75, 3.05) is 0 Å². The van der Waals surface area contributed by atoms with E-state index in [2.05, 4.69) is 68.2 Å². The first-order chi connectivity index (χ1) is 8.65. The third-order valence-corrected chi connectivity index (χ3v) is 3.66. The Bertz CT molecular complexity index is 720. The van der Waals surface area contributed by atoms with Crippen LogP contribution in [0.1, 0.15) is 16.7 Å². The summed E-state index contributed by atoms with van der Waals surface area (Å²) in [5, 5.41) is 1.29. The summed E-state index contributed by atoms with van der Waals surface area (Å²) in [6.07, 6.45) is 0. The predicted molar refractivity (Wildman–Crippen MR) is 77.9 cm³/mol. The van der Waals surface area contributed by atoms with Crippen LogP contribution in [0.15, 0.2) is 42.5 Å². The van der Waals surface area contributed by atoms with Crippen LogP contribution in [0.25, 0.3) is 22.2 Å². The molecule has 18 heavy (non-hydrogen) atoms. The van der Waals surface area contributed by atoms with Crippen LogP contribution in [0.2, 0.25) is 0 Å². The molecule has 90 valence electrons. The number of fused-ring (bicyclic) bond motifs is 1. The van der Waals surface area contributed by atoms with Gasteiger partial charge in [0.2, 0.25) is 0 Å². The number of hydrogen-bond acceptors (Lipinski definition) is 0. The van der Waals surface area contributed by atoms with Crippen molar-refractivity contribution in [1.82, 2.24) is 4.98 Å². The maximum absolute atomic E-state index is 3.55. The highest BCUT2D eigenvalue weighted by molar-refractivity contribution is 5.88. The minimum atomic E-state index is 1.20. The molecule has 1 heterocycles. The smallest absolute Gasteiger partial charge is 0.0491 e. The van der Waals surface area contributed by atoms with Gasteiger partial charge in [-0.1, -0.05) is 35.9 Å². The van der Waals surface area contributed by atoms with Gasteiger partial charge in [0, 0.05) is 16.6 Å². The van der Waals surface area contributed by atoms with E-state index in [9.17, 15) is 0 Å². The number of H-pyrrole nitrogens is 1. The molecule has 3 rings (SSSR count). The highest BCUT2D eigenvalue weighted by Gasteiger charge is 2.06. The summed E-state index contributed by atoms with van der Waals surface area (Å²) in [7, 11) is 0. The first-order valence-corrected chi connectivity index (χ1v) is 6.31. The molecule has 0 amide bonds. The summed E-state index contributed by atoms with van der Waals surface area (Å²) in [5.74, 6) is 0. The summed E-state index contributed by atoms with van der Waals surface area (Å²) < 4.78 is 0. The van der Waals surface area contributed by atoms with Gasteiger partial charge in [-0.2, -0.15) is 0 Å². The van der Waals surface area contributed by atoms with Crippen molar-refractivity contribution < 1.29 is 0 Å². The van der Waals surface area contributed by atoms with Crippen LogP contribution in [0, 0.1) is 20.8 Å². The van der Waals surface area contributed by atoms with Crippen LogP contribution in [0.5, 0.6) is 0 Å². The lowest BCUT2D eigenvalue weighted by Gasteiger charge is -2.01. The molecule has 1 N–H and O–H groups in total. The SMILES string of the molecule is Cc1cccc(-c2cc3ccc(C)c(C)c3[nH]2)c1. The summed E-state index contributed by atoms with van der Waals surface area (Å²) in [6, 6.07) is 15.2. The Labute approximate surface area is 107 Å². The van der Waals surface area contributed by atoms with Crippen LogP contribution >= 0.6 is 0 Å². The van der Waals surface area contributed by atoms with Crippen LogP contribution in [-0.4, -0.2) is 4.98 Å². The van der Waals surface area contributed by atoms with Gasteiger partial charge in [0.15, 0.2) is 0 Å². The van der Waals surface area contributed by atoms with Gasteiger partial charge in [-0.05, 0) is 49.6 Å². The lowest BCUT2D eigenvalue weighted by atomic mass is 10.1. The van der Waals surface area contributed by atoms with E-state index in [-0.39, 0.29) is 0 Å². The molecule has 2 aromatic carbocycles.